The number of ether oxygens (including phenoxy) is 1. The Morgan fingerprint density at radius 3 is 2.31 bits per heavy atom. The molecule has 1 N–H and O–H groups in total. The van der Waals surface area contributed by atoms with E-state index in [4.69, 9.17) is 4.74 Å². The fourth-order valence-corrected chi connectivity index (χ4v) is 3.80. The van der Waals surface area contributed by atoms with E-state index < -0.39 is 0 Å². The van der Waals surface area contributed by atoms with Gasteiger partial charge >= 0.3 is 0 Å². The van der Waals surface area contributed by atoms with Gasteiger partial charge < -0.3 is 10.1 Å². The van der Waals surface area contributed by atoms with Gasteiger partial charge in [0.15, 0.2) is 0 Å². The van der Waals surface area contributed by atoms with Crippen LogP contribution >= 0.6 is 0 Å². The second-order valence-electron chi connectivity index (χ2n) is 5.55. The van der Waals surface area contributed by atoms with E-state index in [1.807, 2.05) is 0 Å². The zero-order chi connectivity index (χ0) is 11.6. The molecule has 2 aliphatic rings. The lowest BCUT2D eigenvalue weighted by Crippen LogP contribution is -2.63. The second-order valence-corrected chi connectivity index (χ2v) is 5.55. The molecule has 2 heteroatoms. The van der Waals surface area contributed by atoms with Gasteiger partial charge in [-0.2, -0.15) is 0 Å². The van der Waals surface area contributed by atoms with Gasteiger partial charge in [-0.15, -0.1) is 0 Å². The molecular weight excluding hydrogens is 198 g/mol. The minimum atomic E-state index is 0.414. The van der Waals surface area contributed by atoms with E-state index in [9.17, 15) is 0 Å². The lowest BCUT2D eigenvalue weighted by molar-refractivity contribution is -0.163. The molecule has 0 spiro atoms. The van der Waals surface area contributed by atoms with Crippen molar-refractivity contribution < 1.29 is 4.74 Å². The van der Waals surface area contributed by atoms with Crippen LogP contribution in [0.5, 0.6) is 0 Å². The molecule has 2 rings (SSSR count). The van der Waals surface area contributed by atoms with Crippen LogP contribution in [-0.4, -0.2) is 25.3 Å². The van der Waals surface area contributed by atoms with Gasteiger partial charge in [0, 0.05) is 11.5 Å². The first kappa shape index (κ1) is 12.4. The summed E-state index contributed by atoms with van der Waals surface area (Å²) >= 11 is 0. The fraction of sp³-hybridized carbons (Fsp3) is 1.00. The summed E-state index contributed by atoms with van der Waals surface area (Å²) in [7, 11) is 2.09. The Morgan fingerprint density at radius 2 is 1.81 bits per heavy atom. The Bertz CT molecular complexity index is 219. The highest BCUT2D eigenvalue weighted by Gasteiger charge is 2.53. The number of nitrogens with one attached hydrogen (secondary N) is 1. The van der Waals surface area contributed by atoms with Gasteiger partial charge in [-0.1, -0.05) is 26.7 Å². The van der Waals surface area contributed by atoms with Crippen LogP contribution in [0.4, 0.5) is 0 Å². The molecular formula is C14H27NO. The first-order valence-electron chi connectivity index (χ1n) is 7.09. The molecule has 0 aromatic heterocycles. The standard InChI is InChI=1S/C14H27NO/c1-4-14(5-2)12(15-3)10-13(14)16-11-8-6-7-9-11/h11-13,15H,4-10H2,1-3H3. The number of hydrogen-bond donors (Lipinski definition) is 1. The quantitative estimate of drug-likeness (QED) is 0.776. The average molecular weight is 225 g/mol. The van der Waals surface area contributed by atoms with Crippen molar-refractivity contribution in [1.82, 2.24) is 5.32 Å². The van der Waals surface area contributed by atoms with E-state index in [0.29, 0.717) is 23.7 Å². The van der Waals surface area contributed by atoms with Crippen molar-refractivity contribution in [3.8, 4) is 0 Å². The molecule has 0 saturated heterocycles. The van der Waals surface area contributed by atoms with Crippen molar-refractivity contribution in [1.29, 1.82) is 0 Å². The number of rotatable bonds is 5. The molecule has 0 aromatic rings. The van der Waals surface area contributed by atoms with Crippen molar-refractivity contribution in [3.05, 3.63) is 0 Å². The monoisotopic (exact) mass is 225 g/mol. The van der Waals surface area contributed by atoms with Crippen LogP contribution in [0.2, 0.25) is 0 Å². The van der Waals surface area contributed by atoms with E-state index in [2.05, 4.69) is 26.2 Å². The van der Waals surface area contributed by atoms with E-state index in [0.717, 1.165) is 0 Å². The van der Waals surface area contributed by atoms with Crippen molar-refractivity contribution in [2.75, 3.05) is 7.05 Å². The Balaban J connectivity index is 1.94. The molecule has 0 aromatic carbocycles. The summed E-state index contributed by atoms with van der Waals surface area (Å²) in [6.07, 6.45) is 10.1. The highest BCUT2D eigenvalue weighted by Crippen LogP contribution is 2.49. The lowest BCUT2D eigenvalue weighted by Gasteiger charge is -2.56. The van der Waals surface area contributed by atoms with E-state index in [-0.39, 0.29) is 0 Å². The fourth-order valence-electron chi connectivity index (χ4n) is 3.80. The Labute approximate surface area is 100 Å². The highest BCUT2D eigenvalue weighted by atomic mass is 16.5. The Morgan fingerprint density at radius 1 is 1.19 bits per heavy atom. The molecule has 0 aliphatic heterocycles. The highest BCUT2D eigenvalue weighted by molar-refractivity contribution is 5.06. The molecule has 2 aliphatic carbocycles. The predicted molar refractivity (Wildman–Crippen MR) is 67.6 cm³/mol. The van der Waals surface area contributed by atoms with Gasteiger partial charge in [0.05, 0.1) is 12.2 Å². The van der Waals surface area contributed by atoms with Gasteiger partial charge in [-0.05, 0) is 39.2 Å². The molecule has 94 valence electrons. The van der Waals surface area contributed by atoms with E-state index in [1.165, 1.54) is 44.9 Å². The van der Waals surface area contributed by atoms with Crippen molar-refractivity contribution in [2.24, 2.45) is 5.41 Å². The molecule has 0 radical (unpaired) electrons. The number of hydrogen-bond acceptors (Lipinski definition) is 2. The molecule has 0 bridgehead atoms. The second kappa shape index (κ2) is 5.05. The van der Waals surface area contributed by atoms with Gasteiger partial charge in [0.2, 0.25) is 0 Å². The SMILES string of the molecule is CCC1(CC)C(NC)CC1OC1CCCC1. The largest absolute Gasteiger partial charge is 0.374 e. The first-order valence-corrected chi connectivity index (χ1v) is 7.09. The summed E-state index contributed by atoms with van der Waals surface area (Å²) in [6.45, 7) is 4.63. The maximum atomic E-state index is 6.34. The summed E-state index contributed by atoms with van der Waals surface area (Å²) in [4.78, 5) is 0. The van der Waals surface area contributed by atoms with Gasteiger partial charge in [0.25, 0.3) is 0 Å². The molecule has 2 nitrogen and oxygen atoms in total. The first-order chi connectivity index (χ1) is 7.76. The Hall–Kier alpha value is -0.0800. The zero-order valence-corrected chi connectivity index (χ0v) is 11.1. The van der Waals surface area contributed by atoms with Crippen molar-refractivity contribution >= 4 is 0 Å². The average Bonchev–Trinajstić information content (AvgIpc) is 2.78. The van der Waals surface area contributed by atoms with Gasteiger partial charge in [0.1, 0.15) is 0 Å². The van der Waals surface area contributed by atoms with Crippen LogP contribution < -0.4 is 5.32 Å². The van der Waals surface area contributed by atoms with Crippen LogP contribution in [0.1, 0.15) is 58.8 Å². The van der Waals surface area contributed by atoms with Crippen molar-refractivity contribution in [2.45, 2.75) is 77.0 Å². The molecule has 2 saturated carbocycles. The smallest absolute Gasteiger partial charge is 0.0664 e. The van der Waals surface area contributed by atoms with E-state index >= 15 is 0 Å². The normalized spacial score (nSPS) is 33.9. The lowest BCUT2D eigenvalue weighted by atomic mass is 9.58. The van der Waals surface area contributed by atoms with Crippen molar-refractivity contribution in [3.63, 3.8) is 0 Å². The summed E-state index contributed by atoms with van der Waals surface area (Å²) in [5.74, 6) is 0. The molecule has 2 unspecified atom stereocenters. The van der Waals surface area contributed by atoms with Crippen LogP contribution in [0.25, 0.3) is 0 Å². The van der Waals surface area contributed by atoms with Crippen LogP contribution in [0, 0.1) is 5.41 Å². The van der Waals surface area contributed by atoms with Crippen LogP contribution in [-0.2, 0) is 4.74 Å². The minimum Gasteiger partial charge on any atom is -0.374 e. The molecule has 16 heavy (non-hydrogen) atoms. The minimum absolute atomic E-state index is 0.414. The predicted octanol–water partition coefficient (Wildman–Crippen LogP) is 3.11. The summed E-state index contributed by atoms with van der Waals surface area (Å²) < 4.78 is 6.34. The molecule has 0 heterocycles. The summed E-state index contributed by atoms with van der Waals surface area (Å²) in [5.41, 5.74) is 0.414. The van der Waals surface area contributed by atoms with Crippen LogP contribution in [0.15, 0.2) is 0 Å². The van der Waals surface area contributed by atoms with Crippen LogP contribution in [0.3, 0.4) is 0 Å². The zero-order valence-electron chi connectivity index (χ0n) is 11.1. The third kappa shape index (κ3) is 1.91. The third-order valence-electron chi connectivity index (χ3n) is 5.11. The maximum Gasteiger partial charge on any atom is 0.0664 e. The molecule has 2 fully saturated rings. The summed E-state index contributed by atoms with van der Waals surface area (Å²) in [6, 6.07) is 0.675. The topological polar surface area (TPSA) is 21.3 Å². The summed E-state index contributed by atoms with van der Waals surface area (Å²) in [5, 5.41) is 3.47. The maximum absolute atomic E-state index is 6.34. The third-order valence-corrected chi connectivity index (χ3v) is 5.11. The van der Waals surface area contributed by atoms with E-state index in [1.54, 1.807) is 0 Å². The molecule has 0 amide bonds. The van der Waals surface area contributed by atoms with Gasteiger partial charge in [-0.3, -0.25) is 0 Å². The Kier molecular flexibility index (Phi) is 3.91. The van der Waals surface area contributed by atoms with Gasteiger partial charge in [-0.25, -0.2) is 0 Å². The molecule has 2 atom stereocenters.